The van der Waals surface area contributed by atoms with Gasteiger partial charge in [0.2, 0.25) is 0 Å². The van der Waals surface area contributed by atoms with Crippen molar-refractivity contribution in [1.29, 1.82) is 0 Å². The normalized spacial score (nSPS) is 11.6. The third kappa shape index (κ3) is 4.78. The summed E-state index contributed by atoms with van der Waals surface area (Å²) in [6.07, 6.45) is 2.10. The average Bonchev–Trinajstić information content (AvgIpc) is 2.60. The Morgan fingerprint density at radius 3 is 2.46 bits per heavy atom. The summed E-state index contributed by atoms with van der Waals surface area (Å²) in [7, 11) is 0. The van der Waals surface area contributed by atoms with Crippen LogP contribution in [0.5, 0.6) is 0 Å². The van der Waals surface area contributed by atoms with E-state index in [9.17, 15) is 9.59 Å². The predicted molar refractivity (Wildman–Crippen MR) is 92.3 cm³/mol. The highest BCUT2D eigenvalue weighted by Crippen LogP contribution is 2.13. The first kappa shape index (κ1) is 17.9. The largest absolute Gasteiger partial charge is 0.394 e. The molecule has 3 N–H and O–H groups in total. The lowest BCUT2D eigenvalue weighted by atomic mass is 10.1. The van der Waals surface area contributed by atoms with Crippen molar-refractivity contribution < 1.29 is 14.7 Å². The summed E-state index contributed by atoms with van der Waals surface area (Å²) in [5.41, 5.74) is 1.40. The van der Waals surface area contributed by atoms with E-state index in [1.165, 1.54) is 12.3 Å². The maximum Gasteiger partial charge on any atom is 0.255 e. The average molecular weight is 348 g/mol. The zero-order chi connectivity index (χ0) is 17.5. The van der Waals surface area contributed by atoms with Crippen LogP contribution >= 0.6 is 11.6 Å². The third-order valence-electron chi connectivity index (χ3n) is 3.44. The number of halogens is 1. The van der Waals surface area contributed by atoms with Crippen LogP contribution in [0.2, 0.25) is 5.15 Å². The second-order valence-corrected chi connectivity index (χ2v) is 5.55. The molecule has 2 rings (SSSR count). The summed E-state index contributed by atoms with van der Waals surface area (Å²) in [5, 5.41) is 14.8. The van der Waals surface area contributed by atoms with Crippen molar-refractivity contribution in [1.82, 2.24) is 10.3 Å². The van der Waals surface area contributed by atoms with Crippen molar-refractivity contribution in [3.8, 4) is 0 Å². The maximum absolute atomic E-state index is 12.1. The Morgan fingerprint density at radius 1 is 1.17 bits per heavy atom. The summed E-state index contributed by atoms with van der Waals surface area (Å²) < 4.78 is 0. The molecule has 1 atom stereocenters. The van der Waals surface area contributed by atoms with Gasteiger partial charge in [0.1, 0.15) is 5.15 Å². The number of pyridine rings is 1. The van der Waals surface area contributed by atoms with Crippen LogP contribution in [0.25, 0.3) is 0 Å². The lowest BCUT2D eigenvalue weighted by Crippen LogP contribution is -2.36. The van der Waals surface area contributed by atoms with E-state index in [2.05, 4.69) is 15.6 Å². The molecule has 126 valence electrons. The Balaban J connectivity index is 2.01. The SMILES string of the molecule is CC[C@H](CO)NC(=O)c1ccc(NC(=O)c2ccnc(Cl)c2)cc1. The van der Waals surface area contributed by atoms with Gasteiger partial charge in [-0.3, -0.25) is 9.59 Å². The van der Waals surface area contributed by atoms with Crippen LogP contribution in [0.3, 0.4) is 0 Å². The van der Waals surface area contributed by atoms with E-state index in [0.717, 1.165) is 0 Å². The molecule has 0 bridgehead atoms. The molecule has 2 amide bonds. The second kappa shape index (κ2) is 8.42. The number of carbonyl (C=O) groups is 2. The first-order valence-electron chi connectivity index (χ1n) is 7.48. The quantitative estimate of drug-likeness (QED) is 0.700. The van der Waals surface area contributed by atoms with Crippen molar-refractivity contribution in [2.45, 2.75) is 19.4 Å². The van der Waals surface area contributed by atoms with Gasteiger partial charge >= 0.3 is 0 Å². The highest BCUT2D eigenvalue weighted by molar-refractivity contribution is 6.29. The standard InChI is InChI=1S/C17H18ClN3O3/c1-2-13(10-22)20-16(23)11-3-5-14(6-4-11)21-17(24)12-7-8-19-15(18)9-12/h3-9,13,22H,2,10H2,1H3,(H,20,23)(H,21,24)/t13-/m1/s1. The Bertz CT molecular complexity index is 715. The number of amides is 2. The fourth-order valence-electron chi connectivity index (χ4n) is 2.00. The zero-order valence-electron chi connectivity index (χ0n) is 13.1. The first-order chi connectivity index (χ1) is 11.5. The molecule has 24 heavy (non-hydrogen) atoms. The molecule has 0 unspecified atom stereocenters. The van der Waals surface area contributed by atoms with Gasteiger partial charge in [0.05, 0.1) is 12.6 Å². The predicted octanol–water partition coefficient (Wildman–Crippen LogP) is 2.49. The molecule has 0 radical (unpaired) electrons. The number of hydrogen-bond acceptors (Lipinski definition) is 4. The molecule has 2 aromatic rings. The molecule has 0 saturated heterocycles. The van der Waals surface area contributed by atoms with E-state index in [4.69, 9.17) is 16.7 Å². The number of aromatic nitrogens is 1. The Hall–Kier alpha value is -2.44. The summed E-state index contributed by atoms with van der Waals surface area (Å²) in [5.74, 6) is -0.586. The van der Waals surface area contributed by atoms with Gasteiger partial charge in [0.25, 0.3) is 11.8 Å². The van der Waals surface area contributed by atoms with Crippen LogP contribution in [-0.4, -0.2) is 34.6 Å². The van der Waals surface area contributed by atoms with Crippen molar-refractivity contribution in [3.05, 3.63) is 58.9 Å². The van der Waals surface area contributed by atoms with Crippen molar-refractivity contribution >= 4 is 29.1 Å². The van der Waals surface area contributed by atoms with Gasteiger partial charge in [-0.15, -0.1) is 0 Å². The van der Waals surface area contributed by atoms with Crippen molar-refractivity contribution in [3.63, 3.8) is 0 Å². The number of rotatable bonds is 6. The molecule has 6 nitrogen and oxygen atoms in total. The number of benzene rings is 1. The van der Waals surface area contributed by atoms with Gasteiger partial charge in [0.15, 0.2) is 0 Å². The third-order valence-corrected chi connectivity index (χ3v) is 3.65. The molecule has 7 heteroatoms. The minimum absolute atomic E-state index is 0.106. The molecule has 1 aromatic carbocycles. The molecule has 1 heterocycles. The molecule has 0 spiro atoms. The van der Waals surface area contributed by atoms with Crippen molar-refractivity contribution in [2.75, 3.05) is 11.9 Å². The molecular formula is C17H18ClN3O3. The van der Waals surface area contributed by atoms with Gasteiger partial charge < -0.3 is 15.7 Å². The zero-order valence-corrected chi connectivity index (χ0v) is 13.9. The van der Waals surface area contributed by atoms with Gasteiger partial charge in [0, 0.05) is 23.0 Å². The number of anilines is 1. The fraction of sp³-hybridized carbons (Fsp3) is 0.235. The van der Waals surface area contributed by atoms with Gasteiger partial charge in [-0.25, -0.2) is 4.98 Å². The van der Waals surface area contributed by atoms with E-state index in [1.54, 1.807) is 30.3 Å². The lowest BCUT2D eigenvalue weighted by molar-refractivity contribution is 0.0914. The Kier molecular flexibility index (Phi) is 6.28. The topological polar surface area (TPSA) is 91.3 Å². The summed E-state index contributed by atoms with van der Waals surface area (Å²) in [6.45, 7) is 1.77. The van der Waals surface area contributed by atoms with Gasteiger partial charge in [-0.05, 0) is 42.8 Å². The molecule has 0 aliphatic rings. The lowest BCUT2D eigenvalue weighted by Gasteiger charge is -2.14. The Morgan fingerprint density at radius 2 is 1.88 bits per heavy atom. The van der Waals surface area contributed by atoms with E-state index in [0.29, 0.717) is 23.2 Å². The number of aliphatic hydroxyl groups is 1. The van der Waals surface area contributed by atoms with E-state index < -0.39 is 0 Å². The molecule has 0 aliphatic carbocycles. The molecular weight excluding hydrogens is 330 g/mol. The van der Waals surface area contributed by atoms with Crippen LogP contribution < -0.4 is 10.6 Å². The van der Waals surface area contributed by atoms with E-state index in [-0.39, 0.29) is 29.6 Å². The monoisotopic (exact) mass is 347 g/mol. The van der Waals surface area contributed by atoms with Crippen molar-refractivity contribution in [2.24, 2.45) is 0 Å². The molecule has 0 aliphatic heterocycles. The Labute approximate surface area is 144 Å². The minimum Gasteiger partial charge on any atom is -0.394 e. The summed E-state index contributed by atoms with van der Waals surface area (Å²) in [4.78, 5) is 28.0. The number of aliphatic hydroxyl groups excluding tert-OH is 1. The smallest absolute Gasteiger partial charge is 0.255 e. The highest BCUT2D eigenvalue weighted by atomic mass is 35.5. The van der Waals surface area contributed by atoms with Gasteiger partial charge in [-0.1, -0.05) is 18.5 Å². The second-order valence-electron chi connectivity index (χ2n) is 5.16. The summed E-state index contributed by atoms with van der Waals surface area (Å²) >= 11 is 5.76. The maximum atomic E-state index is 12.1. The number of hydrogen-bond donors (Lipinski definition) is 3. The van der Waals surface area contributed by atoms with E-state index >= 15 is 0 Å². The summed E-state index contributed by atoms with van der Waals surface area (Å²) in [6, 6.07) is 9.24. The number of carbonyl (C=O) groups excluding carboxylic acids is 2. The molecule has 0 fully saturated rings. The fourth-order valence-corrected chi connectivity index (χ4v) is 2.17. The van der Waals surface area contributed by atoms with Crippen LogP contribution in [0.1, 0.15) is 34.1 Å². The number of nitrogens with zero attached hydrogens (tertiary/aromatic N) is 1. The minimum atomic E-state index is -0.317. The number of nitrogens with one attached hydrogen (secondary N) is 2. The molecule has 0 saturated carbocycles. The van der Waals surface area contributed by atoms with Crippen LogP contribution in [0.4, 0.5) is 5.69 Å². The van der Waals surface area contributed by atoms with Crippen LogP contribution in [0.15, 0.2) is 42.6 Å². The van der Waals surface area contributed by atoms with E-state index in [1.807, 2.05) is 6.92 Å². The van der Waals surface area contributed by atoms with Gasteiger partial charge in [-0.2, -0.15) is 0 Å². The van der Waals surface area contributed by atoms with Crippen LogP contribution in [0, 0.1) is 0 Å². The first-order valence-corrected chi connectivity index (χ1v) is 7.86. The molecule has 1 aromatic heterocycles. The van der Waals surface area contributed by atoms with Crippen LogP contribution in [-0.2, 0) is 0 Å². The highest BCUT2D eigenvalue weighted by Gasteiger charge is 2.12.